The molecule has 0 bridgehead atoms. The van der Waals surface area contributed by atoms with Crippen LogP contribution in [-0.2, 0) is 0 Å². The highest BCUT2D eigenvalue weighted by atomic mass is 79.9. The second kappa shape index (κ2) is 5.97. The molecule has 1 atom stereocenters. The quantitative estimate of drug-likeness (QED) is 0.868. The maximum Gasteiger partial charge on any atom is 0.134 e. The van der Waals surface area contributed by atoms with Crippen molar-refractivity contribution in [3.05, 3.63) is 16.5 Å². The van der Waals surface area contributed by atoms with Gasteiger partial charge >= 0.3 is 0 Å². The lowest BCUT2D eigenvalue weighted by Crippen LogP contribution is -2.31. The molecule has 1 aromatic heterocycles. The molecule has 0 spiro atoms. The first-order valence-electron chi connectivity index (χ1n) is 6.55. The lowest BCUT2D eigenvalue weighted by Gasteiger charge is -2.20. The van der Waals surface area contributed by atoms with Crippen LogP contribution in [0.3, 0.4) is 0 Å². The topological polar surface area (TPSA) is 41.1 Å². The minimum absolute atomic E-state index is 0.345. The van der Waals surface area contributed by atoms with Gasteiger partial charge in [0.15, 0.2) is 0 Å². The average Bonchev–Trinajstić information content (AvgIpc) is 2.71. The van der Waals surface area contributed by atoms with Crippen molar-refractivity contribution >= 4 is 21.7 Å². The van der Waals surface area contributed by atoms with Crippen LogP contribution in [0, 0.1) is 0 Å². The first-order valence-corrected chi connectivity index (χ1v) is 7.34. The van der Waals surface area contributed by atoms with Crippen LogP contribution in [0.1, 0.15) is 38.4 Å². The van der Waals surface area contributed by atoms with E-state index in [9.17, 15) is 0 Å². The summed E-state index contributed by atoms with van der Waals surface area (Å²) in [5.41, 5.74) is 0. The summed E-state index contributed by atoms with van der Waals surface area (Å²) in [7, 11) is 2.19. The molecule has 1 aromatic rings. The Bertz CT molecular complexity index is 408. The lowest BCUT2D eigenvalue weighted by atomic mass is 10.2. The molecule has 2 rings (SSSR count). The highest BCUT2D eigenvalue weighted by Crippen LogP contribution is 2.19. The van der Waals surface area contributed by atoms with Crippen LogP contribution >= 0.6 is 15.9 Å². The molecule has 0 saturated carbocycles. The van der Waals surface area contributed by atoms with Gasteiger partial charge < -0.3 is 10.2 Å². The summed E-state index contributed by atoms with van der Waals surface area (Å²) in [6, 6.07) is 2.57. The molecule has 18 heavy (non-hydrogen) atoms. The van der Waals surface area contributed by atoms with Crippen LogP contribution in [0.5, 0.6) is 0 Å². The van der Waals surface area contributed by atoms with Gasteiger partial charge in [0.05, 0.1) is 0 Å². The summed E-state index contributed by atoms with van der Waals surface area (Å²) in [5.74, 6) is 2.14. The predicted molar refractivity (Wildman–Crippen MR) is 78.0 cm³/mol. The van der Waals surface area contributed by atoms with Crippen LogP contribution in [0.2, 0.25) is 0 Å². The van der Waals surface area contributed by atoms with Crippen LogP contribution < -0.4 is 5.32 Å². The van der Waals surface area contributed by atoms with E-state index in [-0.39, 0.29) is 0 Å². The van der Waals surface area contributed by atoms with E-state index in [4.69, 9.17) is 0 Å². The molecule has 1 N–H and O–H groups in total. The average molecular weight is 313 g/mol. The van der Waals surface area contributed by atoms with Crippen LogP contribution in [0.25, 0.3) is 0 Å². The fourth-order valence-electron chi connectivity index (χ4n) is 2.24. The Morgan fingerprint density at radius 2 is 2.28 bits per heavy atom. The van der Waals surface area contributed by atoms with Gasteiger partial charge in [-0.15, -0.1) is 0 Å². The second-order valence-electron chi connectivity index (χ2n) is 5.25. The van der Waals surface area contributed by atoms with Crippen LogP contribution in [0.15, 0.2) is 10.7 Å². The smallest absolute Gasteiger partial charge is 0.134 e. The van der Waals surface area contributed by atoms with Crippen molar-refractivity contribution in [2.45, 2.75) is 38.6 Å². The molecule has 100 valence electrons. The van der Waals surface area contributed by atoms with Crippen molar-refractivity contribution in [2.75, 3.05) is 25.5 Å². The molecule has 0 amide bonds. The maximum absolute atomic E-state index is 4.55. The molecule has 1 fully saturated rings. The minimum atomic E-state index is 0.345. The van der Waals surface area contributed by atoms with Crippen molar-refractivity contribution in [3.8, 4) is 0 Å². The Hall–Kier alpha value is -0.680. The third-order valence-electron chi connectivity index (χ3n) is 3.42. The number of hydrogen-bond acceptors (Lipinski definition) is 4. The number of aromatic nitrogens is 2. The fourth-order valence-corrected chi connectivity index (χ4v) is 2.64. The Balaban J connectivity index is 2.00. The van der Waals surface area contributed by atoms with Gasteiger partial charge in [-0.25, -0.2) is 9.97 Å². The number of hydrogen-bond donors (Lipinski definition) is 1. The normalized spacial score (nSPS) is 20.6. The van der Waals surface area contributed by atoms with Crippen molar-refractivity contribution in [1.29, 1.82) is 0 Å². The van der Waals surface area contributed by atoms with E-state index in [0.29, 0.717) is 12.0 Å². The van der Waals surface area contributed by atoms with Crippen molar-refractivity contribution in [2.24, 2.45) is 0 Å². The first-order chi connectivity index (χ1) is 8.56. The third kappa shape index (κ3) is 3.42. The monoisotopic (exact) mass is 312 g/mol. The van der Waals surface area contributed by atoms with E-state index in [2.05, 4.69) is 57.0 Å². The molecule has 5 heteroatoms. The molecule has 1 aliphatic rings. The molecule has 1 aliphatic heterocycles. The molecular weight excluding hydrogens is 292 g/mol. The van der Waals surface area contributed by atoms with Crippen molar-refractivity contribution in [3.63, 3.8) is 0 Å². The molecule has 4 nitrogen and oxygen atoms in total. The zero-order valence-electron chi connectivity index (χ0n) is 11.3. The predicted octanol–water partition coefficient (Wildman–Crippen LogP) is 2.87. The number of nitrogens with zero attached hydrogens (tertiary/aromatic N) is 3. The van der Waals surface area contributed by atoms with E-state index in [0.717, 1.165) is 22.8 Å². The molecule has 0 radical (unpaired) electrons. The van der Waals surface area contributed by atoms with Gasteiger partial charge in [0.2, 0.25) is 0 Å². The summed E-state index contributed by atoms with van der Waals surface area (Å²) < 4.78 is 0.850. The number of likely N-dealkylation sites (N-methyl/N-ethyl adjacent to an activating group) is 1. The van der Waals surface area contributed by atoms with Gasteiger partial charge in [0.25, 0.3) is 0 Å². The second-order valence-corrected chi connectivity index (χ2v) is 6.06. The van der Waals surface area contributed by atoms with Gasteiger partial charge in [0, 0.05) is 24.6 Å². The summed E-state index contributed by atoms with van der Waals surface area (Å²) >= 11 is 3.45. The lowest BCUT2D eigenvalue weighted by molar-refractivity contribution is 0.322. The number of likely N-dealkylation sites (tertiary alicyclic amines) is 1. The van der Waals surface area contributed by atoms with Crippen molar-refractivity contribution < 1.29 is 0 Å². The van der Waals surface area contributed by atoms with Crippen LogP contribution in [0.4, 0.5) is 5.82 Å². The molecular formula is C13H21BrN4. The first kappa shape index (κ1) is 13.7. The van der Waals surface area contributed by atoms with E-state index >= 15 is 0 Å². The zero-order chi connectivity index (χ0) is 13.1. The number of nitrogens with one attached hydrogen (secondary N) is 1. The Labute approximate surface area is 117 Å². The summed E-state index contributed by atoms with van der Waals surface area (Å²) in [6.45, 7) is 6.38. The highest BCUT2D eigenvalue weighted by Gasteiger charge is 2.20. The molecule has 0 aliphatic carbocycles. The van der Waals surface area contributed by atoms with Gasteiger partial charge in [-0.2, -0.15) is 0 Å². The van der Waals surface area contributed by atoms with E-state index in [1.165, 1.54) is 19.4 Å². The van der Waals surface area contributed by atoms with Gasteiger partial charge in [-0.1, -0.05) is 13.8 Å². The zero-order valence-corrected chi connectivity index (χ0v) is 12.9. The Morgan fingerprint density at radius 1 is 1.50 bits per heavy atom. The molecule has 2 heterocycles. The van der Waals surface area contributed by atoms with Crippen LogP contribution in [-0.4, -0.2) is 41.0 Å². The Kier molecular flexibility index (Phi) is 4.56. The van der Waals surface area contributed by atoms with E-state index in [1.807, 2.05) is 6.07 Å². The Morgan fingerprint density at radius 3 is 2.89 bits per heavy atom. The van der Waals surface area contributed by atoms with E-state index < -0.39 is 0 Å². The van der Waals surface area contributed by atoms with Gasteiger partial charge in [-0.3, -0.25) is 0 Å². The summed E-state index contributed by atoms with van der Waals surface area (Å²) in [5, 5.41) is 3.43. The number of halogens is 1. The fraction of sp³-hybridized carbons (Fsp3) is 0.692. The van der Waals surface area contributed by atoms with Crippen molar-refractivity contribution in [1.82, 2.24) is 14.9 Å². The van der Waals surface area contributed by atoms with Gasteiger partial charge in [0.1, 0.15) is 16.2 Å². The largest absolute Gasteiger partial charge is 0.368 e. The standard InChI is InChI=1S/C13H21BrN4/c1-9(2)13-16-11(14)7-12(17-13)15-8-10-5-4-6-18(10)3/h7,9-10H,4-6,8H2,1-3H3,(H,15,16,17). The molecule has 1 saturated heterocycles. The summed E-state index contributed by atoms with van der Waals surface area (Å²) in [6.07, 6.45) is 2.57. The maximum atomic E-state index is 4.55. The third-order valence-corrected chi connectivity index (χ3v) is 3.83. The SMILES string of the molecule is CC(C)c1nc(Br)cc(NCC2CCCN2C)n1. The van der Waals surface area contributed by atoms with E-state index in [1.54, 1.807) is 0 Å². The minimum Gasteiger partial charge on any atom is -0.368 e. The molecule has 0 aromatic carbocycles. The summed E-state index contributed by atoms with van der Waals surface area (Å²) in [4.78, 5) is 11.3. The highest BCUT2D eigenvalue weighted by molar-refractivity contribution is 9.10. The molecule has 1 unspecified atom stereocenters. The van der Waals surface area contributed by atoms with Gasteiger partial charge in [-0.05, 0) is 42.4 Å². The number of rotatable bonds is 4. The number of anilines is 1.